The van der Waals surface area contributed by atoms with Gasteiger partial charge in [-0.05, 0) is 12.1 Å². The van der Waals surface area contributed by atoms with Crippen LogP contribution in [0, 0.1) is 4.64 Å². The predicted molar refractivity (Wildman–Crippen MR) is 59.9 cm³/mol. The van der Waals surface area contributed by atoms with E-state index in [0.717, 1.165) is 16.3 Å². The molecule has 0 atom stereocenters. The molecule has 0 spiro atoms. The SMILES string of the molecule is S=c1cnc(-c2ccc(Cl)cc2)c[nH]1. The molecule has 0 amide bonds. The van der Waals surface area contributed by atoms with Crippen molar-refractivity contribution in [3.8, 4) is 11.3 Å². The lowest BCUT2D eigenvalue weighted by atomic mass is 10.2. The van der Waals surface area contributed by atoms with Crippen molar-refractivity contribution in [3.63, 3.8) is 0 Å². The molecule has 1 heterocycles. The Balaban J connectivity index is 2.44. The molecule has 1 N–H and O–H groups in total. The molecule has 2 rings (SSSR count). The van der Waals surface area contributed by atoms with Crippen molar-refractivity contribution in [1.82, 2.24) is 9.97 Å². The second-order valence-corrected chi connectivity index (χ2v) is 3.68. The van der Waals surface area contributed by atoms with Crippen molar-refractivity contribution in [2.24, 2.45) is 0 Å². The van der Waals surface area contributed by atoms with Gasteiger partial charge in [-0.2, -0.15) is 0 Å². The summed E-state index contributed by atoms with van der Waals surface area (Å²) in [6.07, 6.45) is 3.41. The number of halogens is 1. The molecule has 1 aromatic carbocycles. The molecule has 0 aliphatic rings. The minimum Gasteiger partial charge on any atom is -0.350 e. The van der Waals surface area contributed by atoms with Crippen molar-refractivity contribution >= 4 is 23.8 Å². The van der Waals surface area contributed by atoms with Crippen molar-refractivity contribution < 1.29 is 0 Å². The zero-order chi connectivity index (χ0) is 9.97. The predicted octanol–water partition coefficient (Wildman–Crippen LogP) is 3.46. The number of rotatable bonds is 1. The van der Waals surface area contributed by atoms with Gasteiger partial charge in [0, 0.05) is 16.8 Å². The van der Waals surface area contributed by atoms with Crippen LogP contribution < -0.4 is 0 Å². The number of aromatic amines is 1. The van der Waals surface area contributed by atoms with Crippen LogP contribution in [-0.2, 0) is 0 Å². The van der Waals surface area contributed by atoms with Crippen LogP contribution in [0.2, 0.25) is 5.02 Å². The highest BCUT2D eigenvalue weighted by atomic mass is 35.5. The lowest BCUT2D eigenvalue weighted by Crippen LogP contribution is -1.84. The summed E-state index contributed by atoms with van der Waals surface area (Å²) in [7, 11) is 0. The van der Waals surface area contributed by atoms with Gasteiger partial charge in [-0.1, -0.05) is 36.0 Å². The van der Waals surface area contributed by atoms with Gasteiger partial charge >= 0.3 is 0 Å². The molecule has 0 saturated carbocycles. The van der Waals surface area contributed by atoms with Crippen molar-refractivity contribution in [2.45, 2.75) is 0 Å². The van der Waals surface area contributed by atoms with E-state index in [2.05, 4.69) is 9.97 Å². The number of hydrogen-bond acceptors (Lipinski definition) is 2. The minimum atomic E-state index is 0.628. The van der Waals surface area contributed by atoms with Crippen molar-refractivity contribution in [1.29, 1.82) is 0 Å². The maximum Gasteiger partial charge on any atom is 0.121 e. The Morgan fingerprint density at radius 3 is 2.50 bits per heavy atom. The summed E-state index contributed by atoms with van der Waals surface area (Å²) in [5, 5.41) is 0.720. The third-order valence-corrected chi connectivity index (χ3v) is 2.29. The summed E-state index contributed by atoms with van der Waals surface area (Å²) in [4.78, 5) is 7.13. The second kappa shape index (κ2) is 3.90. The van der Waals surface area contributed by atoms with Gasteiger partial charge in [0.1, 0.15) is 4.64 Å². The number of hydrogen-bond donors (Lipinski definition) is 1. The van der Waals surface area contributed by atoms with Gasteiger partial charge in [-0.15, -0.1) is 0 Å². The van der Waals surface area contributed by atoms with Crippen LogP contribution in [-0.4, -0.2) is 9.97 Å². The molecule has 0 aliphatic carbocycles. The van der Waals surface area contributed by atoms with Crippen molar-refractivity contribution in [3.05, 3.63) is 46.3 Å². The average molecular weight is 223 g/mol. The van der Waals surface area contributed by atoms with E-state index in [-0.39, 0.29) is 0 Å². The summed E-state index contributed by atoms with van der Waals surface area (Å²) in [5.41, 5.74) is 1.87. The lowest BCUT2D eigenvalue weighted by Gasteiger charge is -1.99. The first-order valence-electron chi connectivity index (χ1n) is 4.06. The standard InChI is InChI=1S/C10H7ClN2S/c11-8-3-1-7(2-4-8)9-5-13-10(14)6-12-9/h1-6H,(H,13,14). The zero-order valence-corrected chi connectivity index (χ0v) is 8.77. The molecule has 2 aromatic rings. The first kappa shape index (κ1) is 9.37. The fourth-order valence-electron chi connectivity index (χ4n) is 1.12. The summed E-state index contributed by atoms with van der Waals surface area (Å²) in [5.74, 6) is 0. The summed E-state index contributed by atoms with van der Waals surface area (Å²) in [6, 6.07) is 7.50. The highest BCUT2D eigenvalue weighted by Gasteiger charge is 1.97. The van der Waals surface area contributed by atoms with E-state index in [1.165, 1.54) is 0 Å². The highest BCUT2D eigenvalue weighted by Crippen LogP contribution is 2.18. The molecular formula is C10H7ClN2S. The topological polar surface area (TPSA) is 28.7 Å². The molecule has 14 heavy (non-hydrogen) atoms. The molecule has 0 radical (unpaired) electrons. The van der Waals surface area contributed by atoms with E-state index in [1.54, 1.807) is 12.4 Å². The number of nitrogens with zero attached hydrogens (tertiary/aromatic N) is 1. The molecule has 4 heteroatoms. The molecule has 0 unspecified atom stereocenters. The number of benzene rings is 1. The fraction of sp³-hybridized carbons (Fsp3) is 0. The number of H-pyrrole nitrogens is 1. The van der Waals surface area contributed by atoms with E-state index in [4.69, 9.17) is 23.8 Å². The summed E-state index contributed by atoms with van der Waals surface area (Å²) >= 11 is 10.7. The number of nitrogens with one attached hydrogen (secondary N) is 1. The molecular weight excluding hydrogens is 216 g/mol. The molecule has 0 fully saturated rings. The van der Waals surface area contributed by atoms with E-state index in [0.29, 0.717) is 4.64 Å². The minimum absolute atomic E-state index is 0.628. The van der Waals surface area contributed by atoms with Gasteiger partial charge in [-0.3, -0.25) is 4.98 Å². The molecule has 0 saturated heterocycles. The molecule has 2 nitrogen and oxygen atoms in total. The van der Waals surface area contributed by atoms with Gasteiger partial charge in [0.15, 0.2) is 0 Å². The second-order valence-electron chi connectivity index (χ2n) is 2.80. The third kappa shape index (κ3) is 2.00. The van der Waals surface area contributed by atoms with Crippen LogP contribution >= 0.6 is 23.8 Å². The van der Waals surface area contributed by atoms with Gasteiger partial charge in [0.25, 0.3) is 0 Å². The van der Waals surface area contributed by atoms with Crippen LogP contribution in [0.5, 0.6) is 0 Å². The maximum atomic E-state index is 5.78. The summed E-state index contributed by atoms with van der Waals surface area (Å²) < 4.78 is 0.628. The largest absolute Gasteiger partial charge is 0.350 e. The molecule has 0 bridgehead atoms. The zero-order valence-electron chi connectivity index (χ0n) is 7.20. The summed E-state index contributed by atoms with van der Waals surface area (Å²) in [6.45, 7) is 0. The normalized spacial score (nSPS) is 10.1. The van der Waals surface area contributed by atoms with Crippen LogP contribution in [0.1, 0.15) is 0 Å². The van der Waals surface area contributed by atoms with Gasteiger partial charge in [0.05, 0.1) is 11.9 Å². The Bertz CT molecular complexity index is 470. The maximum absolute atomic E-state index is 5.78. The average Bonchev–Trinajstić information content (AvgIpc) is 2.21. The number of aromatic nitrogens is 2. The Morgan fingerprint density at radius 2 is 1.93 bits per heavy atom. The van der Waals surface area contributed by atoms with E-state index >= 15 is 0 Å². The Labute approximate surface area is 91.6 Å². The van der Waals surface area contributed by atoms with Crippen LogP contribution in [0.25, 0.3) is 11.3 Å². The van der Waals surface area contributed by atoms with E-state index in [9.17, 15) is 0 Å². The van der Waals surface area contributed by atoms with Gasteiger partial charge < -0.3 is 4.98 Å². The third-order valence-electron chi connectivity index (χ3n) is 1.81. The molecule has 1 aromatic heterocycles. The van der Waals surface area contributed by atoms with E-state index in [1.807, 2.05) is 24.3 Å². The van der Waals surface area contributed by atoms with E-state index < -0.39 is 0 Å². The first-order valence-corrected chi connectivity index (χ1v) is 4.85. The lowest BCUT2D eigenvalue weighted by molar-refractivity contribution is 1.18. The fourth-order valence-corrected chi connectivity index (χ4v) is 1.36. The van der Waals surface area contributed by atoms with Gasteiger partial charge in [-0.25, -0.2) is 0 Å². The highest BCUT2D eigenvalue weighted by molar-refractivity contribution is 7.71. The van der Waals surface area contributed by atoms with Crippen LogP contribution in [0.4, 0.5) is 0 Å². The van der Waals surface area contributed by atoms with Crippen molar-refractivity contribution in [2.75, 3.05) is 0 Å². The smallest absolute Gasteiger partial charge is 0.121 e. The van der Waals surface area contributed by atoms with Crippen LogP contribution in [0.15, 0.2) is 36.7 Å². The first-order chi connectivity index (χ1) is 6.75. The molecule has 0 aliphatic heterocycles. The quantitative estimate of drug-likeness (QED) is 0.749. The van der Waals surface area contributed by atoms with Crippen LogP contribution in [0.3, 0.4) is 0 Å². The van der Waals surface area contributed by atoms with Gasteiger partial charge in [0.2, 0.25) is 0 Å². The Hall–Kier alpha value is -1.19. The monoisotopic (exact) mass is 222 g/mol. The Morgan fingerprint density at radius 1 is 1.21 bits per heavy atom. The molecule has 70 valence electrons. The Kier molecular flexibility index (Phi) is 2.61.